The first-order valence-corrected chi connectivity index (χ1v) is 7.67. The molecule has 19 heavy (non-hydrogen) atoms. The lowest BCUT2D eigenvalue weighted by molar-refractivity contribution is 0.174. The van der Waals surface area contributed by atoms with Crippen molar-refractivity contribution in [1.29, 1.82) is 0 Å². The van der Waals surface area contributed by atoms with Gasteiger partial charge in [-0.2, -0.15) is 11.8 Å². The van der Waals surface area contributed by atoms with Crippen molar-refractivity contribution in [3.8, 4) is 0 Å². The van der Waals surface area contributed by atoms with Crippen molar-refractivity contribution in [3.63, 3.8) is 0 Å². The summed E-state index contributed by atoms with van der Waals surface area (Å²) in [4.78, 5) is 0. The summed E-state index contributed by atoms with van der Waals surface area (Å²) in [5, 5.41) is 13.7. The molecule has 0 saturated carbocycles. The maximum atomic E-state index is 13.0. The smallest absolute Gasteiger partial charge is 0.159 e. The van der Waals surface area contributed by atoms with Crippen LogP contribution in [0.15, 0.2) is 18.2 Å². The average molecular weight is 287 g/mol. The lowest BCUT2D eigenvalue weighted by Crippen LogP contribution is -2.30. The monoisotopic (exact) mass is 287 g/mol. The van der Waals surface area contributed by atoms with Crippen molar-refractivity contribution in [1.82, 2.24) is 5.32 Å². The highest BCUT2D eigenvalue weighted by molar-refractivity contribution is 7.99. The molecule has 1 heterocycles. The second-order valence-electron chi connectivity index (χ2n) is 4.84. The van der Waals surface area contributed by atoms with Gasteiger partial charge >= 0.3 is 0 Å². The predicted molar refractivity (Wildman–Crippen MR) is 74.3 cm³/mol. The van der Waals surface area contributed by atoms with Crippen LogP contribution in [-0.4, -0.2) is 29.2 Å². The van der Waals surface area contributed by atoms with Crippen LogP contribution < -0.4 is 5.32 Å². The fourth-order valence-corrected chi connectivity index (χ4v) is 3.46. The lowest BCUT2D eigenvalue weighted by Gasteiger charge is -2.22. The molecular formula is C14H19F2NOS. The number of aliphatic hydroxyl groups is 1. The highest BCUT2D eigenvalue weighted by atomic mass is 32.2. The van der Waals surface area contributed by atoms with E-state index in [1.807, 2.05) is 11.8 Å². The largest absolute Gasteiger partial charge is 0.387 e. The average Bonchev–Trinajstić information content (AvgIpc) is 2.43. The van der Waals surface area contributed by atoms with Crippen LogP contribution in [0.25, 0.3) is 0 Å². The second-order valence-corrected chi connectivity index (χ2v) is 6.24. The van der Waals surface area contributed by atoms with Crippen molar-refractivity contribution in [3.05, 3.63) is 35.4 Å². The van der Waals surface area contributed by atoms with Crippen molar-refractivity contribution in [2.45, 2.75) is 30.6 Å². The van der Waals surface area contributed by atoms with Crippen LogP contribution in [-0.2, 0) is 0 Å². The van der Waals surface area contributed by atoms with E-state index in [9.17, 15) is 13.9 Å². The van der Waals surface area contributed by atoms with Crippen LogP contribution in [0.2, 0.25) is 0 Å². The molecule has 1 saturated heterocycles. The molecule has 2 rings (SSSR count). The Labute approximate surface area is 116 Å². The summed E-state index contributed by atoms with van der Waals surface area (Å²) in [6.07, 6.45) is 2.96. The summed E-state index contributed by atoms with van der Waals surface area (Å²) < 4.78 is 25.8. The number of aliphatic hydroxyl groups excluding tert-OH is 1. The van der Waals surface area contributed by atoms with Gasteiger partial charge in [0.2, 0.25) is 0 Å². The summed E-state index contributed by atoms with van der Waals surface area (Å²) in [5.41, 5.74) is 0.405. The van der Waals surface area contributed by atoms with E-state index in [1.54, 1.807) is 0 Å². The highest BCUT2D eigenvalue weighted by Gasteiger charge is 2.15. The zero-order valence-electron chi connectivity index (χ0n) is 10.7. The molecule has 2 atom stereocenters. The Kier molecular flexibility index (Phi) is 5.60. The standard InChI is InChI=1S/C14H19F2NOS/c15-12-5-4-10(7-13(12)16)14(18)9-17-8-11-3-1-2-6-19-11/h4-5,7,11,14,17-18H,1-3,6,8-9H2. The first kappa shape index (κ1) is 14.8. The predicted octanol–water partition coefficient (Wildman–Crippen LogP) is 2.87. The van der Waals surface area contributed by atoms with Crippen molar-refractivity contribution in [2.24, 2.45) is 0 Å². The highest BCUT2D eigenvalue weighted by Crippen LogP contribution is 2.24. The van der Waals surface area contributed by atoms with E-state index in [0.717, 1.165) is 18.7 Å². The third kappa shape index (κ3) is 4.44. The van der Waals surface area contributed by atoms with E-state index in [2.05, 4.69) is 5.32 Å². The molecule has 106 valence electrons. The Balaban J connectivity index is 1.76. The van der Waals surface area contributed by atoms with Crippen LogP contribution in [0.4, 0.5) is 8.78 Å². The Bertz CT molecular complexity index is 410. The van der Waals surface area contributed by atoms with Gasteiger partial charge < -0.3 is 10.4 Å². The maximum absolute atomic E-state index is 13.0. The summed E-state index contributed by atoms with van der Waals surface area (Å²) in [7, 11) is 0. The lowest BCUT2D eigenvalue weighted by atomic mass is 10.1. The molecule has 1 aromatic rings. The fraction of sp³-hybridized carbons (Fsp3) is 0.571. The van der Waals surface area contributed by atoms with Gasteiger partial charge in [-0.1, -0.05) is 12.5 Å². The molecule has 0 bridgehead atoms. The zero-order chi connectivity index (χ0) is 13.7. The molecule has 0 spiro atoms. The van der Waals surface area contributed by atoms with E-state index in [-0.39, 0.29) is 0 Å². The minimum absolute atomic E-state index is 0.363. The first-order valence-electron chi connectivity index (χ1n) is 6.62. The Morgan fingerprint density at radius 2 is 2.16 bits per heavy atom. The second kappa shape index (κ2) is 7.22. The van der Waals surface area contributed by atoms with Crippen molar-refractivity contribution in [2.75, 3.05) is 18.8 Å². The third-order valence-electron chi connectivity index (χ3n) is 3.31. The zero-order valence-corrected chi connectivity index (χ0v) is 11.6. The quantitative estimate of drug-likeness (QED) is 0.873. The molecule has 1 aliphatic heterocycles. The molecule has 1 aromatic carbocycles. The number of rotatable bonds is 5. The van der Waals surface area contributed by atoms with E-state index in [1.165, 1.54) is 31.1 Å². The summed E-state index contributed by atoms with van der Waals surface area (Å²) in [6.45, 7) is 1.22. The Morgan fingerprint density at radius 3 is 2.84 bits per heavy atom. The molecule has 2 nitrogen and oxygen atoms in total. The van der Waals surface area contributed by atoms with Gasteiger partial charge in [0.05, 0.1) is 6.10 Å². The topological polar surface area (TPSA) is 32.3 Å². The molecule has 0 aliphatic carbocycles. The van der Waals surface area contributed by atoms with Crippen molar-refractivity contribution >= 4 is 11.8 Å². The molecule has 5 heteroatoms. The van der Waals surface area contributed by atoms with Gasteiger partial charge in [0.1, 0.15) is 0 Å². The SMILES string of the molecule is OC(CNCC1CCCCS1)c1ccc(F)c(F)c1. The first-order chi connectivity index (χ1) is 9.16. The van der Waals surface area contributed by atoms with E-state index < -0.39 is 17.7 Å². The van der Waals surface area contributed by atoms with Crippen LogP contribution in [0.5, 0.6) is 0 Å². The Hall–Kier alpha value is -0.650. The van der Waals surface area contributed by atoms with Gasteiger partial charge in [0, 0.05) is 18.3 Å². The number of halogens is 2. The minimum Gasteiger partial charge on any atom is -0.387 e. The molecule has 0 amide bonds. The van der Waals surface area contributed by atoms with E-state index in [0.29, 0.717) is 17.4 Å². The molecule has 0 aromatic heterocycles. The third-order valence-corrected chi connectivity index (χ3v) is 4.71. The molecule has 0 radical (unpaired) electrons. The Morgan fingerprint density at radius 1 is 1.32 bits per heavy atom. The normalized spacial score (nSPS) is 21.3. The molecule has 1 aliphatic rings. The maximum Gasteiger partial charge on any atom is 0.159 e. The van der Waals surface area contributed by atoms with Gasteiger partial charge in [-0.15, -0.1) is 0 Å². The molecule has 2 unspecified atom stereocenters. The number of thioether (sulfide) groups is 1. The van der Waals surface area contributed by atoms with Gasteiger partial charge in [0.25, 0.3) is 0 Å². The van der Waals surface area contributed by atoms with E-state index in [4.69, 9.17) is 0 Å². The number of hydrogen-bond acceptors (Lipinski definition) is 3. The molecule has 2 N–H and O–H groups in total. The molecule has 1 fully saturated rings. The van der Waals surface area contributed by atoms with E-state index >= 15 is 0 Å². The van der Waals surface area contributed by atoms with Gasteiger partial charge in [-0.3, -0.25) is 0 Å². The minimum atomic E-state index is -0.917. The fourth-order valence-electron chi connectivity index (χ4n) is 2.19. The summed E-state index contributed by atoms with van der Waals surface area (Å²) in [6, 6.07) is 3.52. The van der Waals surface area contributed by atoms with Gasteiger partial charge in [-0.25, -0.2) is 8.78 Å². The van der Waals surface area contributed by atoms with Crippen molar-refractivity contribution < 1.29 is 13.9 Å². The van der Waals surface area contributed by atoms with Gasteiger partial charge in [0.15, 0.2) is 11.6 Å². The number of nitrogens with one attached hydrogen (secondary N) is 1. The van der Waals surface area contributed by atoms with Crippen LogP contribution in [0.1, 0.15) is 30.9 Å². The van der Waals surface area contributed by atoms with Crippen LogP contribution >= 0.6 is 11.8 Å². The molecular weight excluding hydrogens is 268 g/mol. The van der Waals surface area contributed by atoms with Crippen LogP contribution in [0, 0.1) is 11.6 Å². The number of hydrogen-bond donors (Lipinski definition) is 2. The summed E-state index contributed by atoms with van der Waals surface area (Å²) in [5.74, 6) is -0.597. The number of benzene rings is 1. The summed E-state index contributed by atoms with van der Waals surface area (Å²) >= 11 is 1.96. The van der Waals surface area contributed by atoms with Gasteiger partial charge in [-0.05, 0) is 36.3 Å². The van der Waals surface area contributed by atoms with Crippen LogP contribution in [0.3, 0.4) is 0 Å².